The number of thiophene rings is 1. The SMILES string of the molecule is CC(C)C(NS(=O)(=O)c1cccs1)C(=O)Nc1ccc(-c2cn3ccsc3n2)cc1. The number of hydrogen-bond acceptors (Lipinski definition) is 6. The van der Waals surface area contributed by atoms with Gasteiger partial charge in [0.15, 0.2) is 4.96 Å². The Labute approximate surface area is 182 Å². The van der Waals surface area contributed by atoms with Crippen molar-refractivity contribution < 1.29 is 13.2 Å². The molecule has 0 saturated heterocycles. The first kappa shape index (κ1) is 20.7. The van der Waals surface area contributed by atoms with Gasteiger partial charge in [-0.2, -0.15) is 4.72 Å². The van der Waals surface area contributed by atoms with Gasteiger partial charge in [0.25, 0.3) is 10.0 Å². The Hall–Kier alpha value is -2.53. The zero-order chi connectivity index (χ0) is 21.3. The molecule has 156 valence electrons. The van der Waals surface area contributed by atoms with Gasteiger partial charge in [-0.25, -0.2) is 13.4 Å². The van der Waals surface area contributed by atoms with Crippen LogP contribution in [-0.2, 0) is 14.8 Å². The van der Waals surface area contributed by atoms with E-state index in [-0.39, 0.29) is 10.1 Å². The minimum absolute atomic E-state index is 0.185. The maximum atomic E-state index is 12.8. The van der Waals surface area contributed by atoms with Crippen molar-refractivity contribution in [1.82, 2.24) is 14.1 Å². The molecule has 7 nitrogen and oxygen atoms in total. The molecule has 0 fully saturated rings. The summed E-state index contributed by atoms with van der Waals surface area (Å²) in [5.74, 6) is -0.627. The van der Waals surface area contributed by atoms with Gasteiger partial charge in [-0.05, 0) is 29.5 Å². The first-order valence-electron chi connectivity index (χ1n) is 9.23. The van der Waals surface area contributed by atoms with Crippen LogP contribution in [0.25, 0.3) is 16.2 Å². The Kier molecular flexibility index (Phi) is 5.74. The fourth-order valence-electron chi connectivity index (χ4n) is 2.94. The van der Waals surface area contributed by atoms with Gasteiger partial charge in [0.1, 0.15) is 10.3 Å². The molecule has 0 saturated carbocycles. The van der Waals surface area contributed by atoms with Gasteiger partial charge in [0.05, 0.1) is 5.69 Å². The summed E-state index contributed by atoms with van der Waals surface area (Å²) in [6.45, 7) is 3.60. The van der Waals surface area contributed by atoms with Gasteiger partial charge in [0.2, 0.25) is 5.91 Å². The van der Waals surface area contributed by atoms with Crippen LogP contribution in [0.1, 0.15) is 13.8 Å². The molecule has 2 N–H and O–H groups in total. The van der Waals surface area contributed by atoms with Crippen LogP contribution in [0.15, 0.2) is 63.8 Å². The first-order valence-corrected chi connectivity index (χ1v) is 12.5. The van der Waals surface area contributed by atoms with Crippen LogP contribution in [0, 0.1) is 5.92 Å². The highest BCUT2D eigenvalue weighted by molar-refractivity contribution is 7.91. The van der Waals surface area contributed by atoms with Crippen LogP contribution >= 0.6 is 22.7 Å². The smallest absolute Gasteiger partial charge is 0.250 e. The van der Waals surface area contributed by atoms with Crippen LogP contribution in [0.5, 0.6) is 0 Å². The molecule has 1 unspecified atom stereocenters. The number of rotatable bonds is 7. The van der Waals surface area contributed by atoms with Crippen LogP contribution in [0.4, 0.5) is 5.69 Å². The molecule has 3 heterocycles. The molecule has 1 aromatic carbocycles. The van der Waals surface area contributed by atoms with Crippen LogP contribution in [0.2, 0.25) is 0 Å². The molecule has 4 aromatic rings. The molecule has 30 heavy (non-hydrogen) atoms. The number of imidazole rings is 1. The maximum Gasteiger partial charge on any atom is 0.250 e. The zero-order valence-electron chi connectivity index (χ0n) is 16.3. The normalized spacial score (nSPS) is 13.0. The fraction of sp³-hybridized carbons (Fsp3) is 0.200. The monoisotopic (exact) mass is 460 g/mol. The third-order valence-corrected chi connectivity index (χ3v) is 8.14. The average molecular weight is 461 g/mol. The highest BCUT2D eigenvalue weighted by Gasteiger charge is 2.29. The minimum atomic E-state index is -3.75. The van der Waals surface area contributed by atoms with Crippen molar-refractivity contribution in [3.05, 3.63) is 59.6 Å². The summed E-state index contributed by atoms with van der Waals surface area (Å²) in [5, 5.41) is 6.47. The first-order chi connectivity index (χ1) is 14.3. The Bertz CT molecular complexity index is 1230. The maximum absolute atomic E-state index is 12.8. The highest BCUT2D eigenvalue weighted by atomic mass is 32.2. The van der Waals surface area contributed by atoms with Gasteiger partial charge < -0.3 is 5.32 Å². The predicted octanol–water partition coefficient (Wildman–Crippen LogP) is 4.07. The lowest BCUT2D eigenvalue weighted by molar-refractivity contribution is -0.118. The number of anilines is 1. The number of hydrogen-bond donors (Lipinski definition) is 2. The molecule has 4 rings (SSSR count). The van der Waals surface area contributed by atoms with E-state index in [1.54, 1.807) is 48.8 Å². The molecule has 0 spiro atoms. The quantitative estimate of drug-likeness (QED) is 0.435. The number of fused-ring (bicyclic) bond motifs is 1. The van der Waals surface area contributed by atoms with Crippen molar-refractivity contribution in [2.45, 2.75) is 24.1 Å². The van der Waals surface area contributed by atoms with Crippen LogP contribution in [-0.4, -0.2) is 29.8 Å². The van der Waals surface area contributed by atoms with E-state index in [0.29, 0.717) is 5.69 Å². The number of thiazole rings is 1. The van der Waals surface area contributed by atoms with E-state index in [1.807, 2.05) is 34.3 Å². The second-order valence-corrected chi connectivity index (χ2v) is 10.8. The number of nitrogens with one attached hydrogen (secondary N) is 2. The predicted molar refractivity (Wildman–Crippen MR) is 120 cm³/mol. The average Bonchev–Trinajstić information content (AvgIpc) is 3.43. The molecule has 0 radical (unpaired) electrons. The molecule has 1 amide bonds. The summed E-state index contributed by atoms with van der Waals surface area (Å²) in [4.78, 5) is 18.3. The van der Waals surface area contributed by atoms with Gasteiger partial charge in [0, 0.05) is 29.0 Å². The van der Waals surface area contributed by atoms with Crippen molar-refractivity contribution >= 4 is 49.3 Å². The summed E-state index contributed by atoms with van der Waals surface area (Å²) < 4.78 is 29.7. The van der Waals surface area contributed by atoms with Crippen molar-refractivity contribution in [2.24, 2.45) is 5.92 Å². The number of nitrogens with zero attached hydrogens (tertiary/aromatic N) is 2. The molecule has 0 bridgehead atoms. The molecule has 0 aliphatic carbocycles. The second kappa shape index (κ2) is 8.31. The van der Waals surface area contributed by atoms with Gasteiger partial charge in [-0.15, -0.1) is 22.7 Å². The number of benzene rings is 1. The molecule has 3 aromatic heterocycles. The Morgan fingerprint density at radius 2 is 1.87 bits per heavy atom. The van der Waals surface area contributed by atoms with Gasteiger partial charge in [-0.3, -0.25) is 9.20 Å². The number of carbonyl (C=O) groups excluding carboxylic acids is 1. The largest absolute Gasteiger partial charge is 0.325 e. The molecular formula is C20H20N4O3S3. The molecule has 0 aliphatic rings. The lowest BCUT2D eigenvalue weighted by Gasteiger charge is -2.21. The van der Waals surface area contributed by atoms with Crippen molar-refractivity contribution in [3.63, 3.8) is 0 Å². The Balaban J connectivity index is 1.48. The number of carbonyl (C=O) groups is 1. The van der Waals surface area contributed by atoms with E-state index >= 15 is 0 Å². The van der Waals surface area contributed by atoms with E-state index in [4.69, 9.17) is 0 Å². The molecular weight excluding hydrogens is 440 g/mol. The summed E-state index contributed by atoms with van der Waals surface area (Å²) >= 11 is 2.67. The summed E-state index contributed by atoms with van der Waals surface area (Å²) in [6.07, 6.45) is 3.90. The minimum Gasteiger partial charge on any atom is -0.325 e. The molecule has 1 atom stereocenters. The zero-order valence-corrected chi connectivity index (χ0v) is 18.7. The Morgan fingerprint density at radius 1 is 1.10 bits per heavy atom. The van der Waals surface area contributed by atoms with Crippen LogP contribution in [0.3, 0.4) is 0 Å². The van der Waals surface area contributed by atoms with Gasteiger partial charge in [-0.1, -0.05) is 32.0 Å². The van der Waals surface area contributed by atoms with Crippen molar-refractivity contribution in [3.8, 4) is 11.3 Å². The third-order valence-electron chi connectivity index (χ3n) is 4.53. The number of sulfonamides is 1. The summed E-state index contributed by atoms with van der Waals surface area (Å²) in [7, 11) is -3.75. The third kappa shape index (κ3) is 4.31. The fourth-order valence-corrected chi connectivity index (χ4v) is 6.00. The van der Waals surface area contributed by atoms with E-state index in [9.17, 15) is 13.2 Å². The van der Waals surface area contributed by atoms with Crippen molar-refractivity contribution in [2.75, 3.05) is 5.32 Å². The summed E-state index contributed by atoms with van der Waals surface area (Å²) in [6, 6.07) is 9.61. The lowest BCUT2D eigenvalue weighted by Crippen LogP contribution is -2.46. The van der Waals surface area contributed by atoms with Crippen molar-refractivity contribution in [1.29, 1.82) is 0 Å². The number of amides is 1. The van der Waals surface area contributed by atoms with E-state index in [0.717, 1.165) is 27.6 Å². The van der Waals surface area contributed by atoms with E-state index in [1.165, 1.54) is 6.07 Å². The molecule has 0 aliphatic heterocycles. The highest BCUT2D eigenvalue weighted by Crippen LogP contribution is 2.23. The van der Waals surface area contributed by atoms with E-state index in [2.05, 4.69) is 15.0 Å². The lowest BCUT2D eigenvalue weighted by atomic mass is 10.0. The van der Waals surface area contributed by atoms with E-state index < -0.39 is 22.0 Å². The second-order valence-electron chi connectivity index (χ2n) is 7.06. The van der Waals surface area contributed by atoms with Crippen LogP contribution < -0.4 is 10.0 Å². The molecule has 10 heteroatoms. The standard InChI is InChI=1S/C20H20N4O3S3/c1-13(2)18(23-30(26,27)17-4-3-10-28-17)19(25)21-15-7-5-14(6-8-15)16-12-24-9-11-29-20(24)22-16/h3-13,18,23H,1-2H3,(H,21,25). The topological polar surface area (TPSA) is 92.6 Å². The van der Waals surface area contributed by atoms with Gasteiger partial charge >= 0.3 is 0 Å². The Morgan fingerprint density at radius 3 is 2.50 bits per heavy atom. The summed E-state index contributed by atoms with van der Waals surface area (Å²) in [5.41, 5.74) is 2.37. The number of aromatic nitrogens is 2.